The van der Waals surface area contributed by atoms with Crippen molar-refractivity contribution in [1.29, 1.82) is 0 Å². The molecule has 52 heavy (non-hydrogen) atoms. The van der Waals surface area contributed by atoms with E-state index in [9.17, 15) is 19.5 Å². The molecule has 3 aliphatic rings. The van der Waals surface area contributed by atoms with E-state index in [4.69, 9.17) is 20.2 Å². The highest BCUT2D eigenvalue weighted by molar-refractivity contribution is 5.92. The summed E-state index contributed by atoms with van der Waals surface area (Å²) in [6.07, 6.45) is 0.756. The van der Waals surface area contributed by atoms with E-state index in [0.29, 0.717) is 54.3 Å². The Morgan fingerprint density at radius 2 is 1.79 bits per heavy atom. The zero-order chi connectivity index (χ0) is 37.6. The van der Waals surface area contributed by atoms with Crippen LogP contribution in [0.3, 0.4) is 0 Å². The summed E-state index contributed by atoms with van der Waals surface area (Å²) in [7, 11) is 3.57. The van der Waals surface area contributed by atoms with E-state index in [-0.39, 0.29) is 31.7 Å². The summed E-state index contributed by atoms with van der Waals surface area (Å²) in [5.74, 6) is -3.08. The number of nitrogens with zero attached hydrogens (tertiary/aromatic N) is 4. The van der Waals surface area contributed by atoms with Gasteiger partial charge < -0.3 is 30.1 Å². The van der Waals surface area contributed by atoms with Crippen LogP contribution >= 0.6 is 0 Å². The molecular weight excluding hydrogens is 662 g/mol. The van der Waals surface area contributed by atoms with Crippen molar-refractivity contribution >= 4 is 34.6 Å². The molecule has 6 rings (SSSR count). The number of carbonyl (C=O) groups excluding carboxylic acids is 3. The largest absolute Gasteiger partial charge is 0.497 e. The number of pyridine rings is 1. The minimum Gasteiger partial charge on any atom is -0.497 e. The van der Waals surface area contributed by atoms with Crippen LogP contribution in [0.25, 0.3) is 22.2 Å². The molecule has 2 saturated heterocycles. The number of aromatic nitrogens is 1. The summed E-state index contributed by atoms with van der Waals surface area (Å²) < 4.78 is 11.5. The number of hydrogen-bond donors (Lipinski definition) is 2. The van der Waals surface area contributed by atoms with Crippen LogP contribution in [0, 0.1) is 17.3 Å². The highest BCUT2D eigenvalue weighted by atomic mass is 16.5. The second kappa shape index (κ2) is 14.0. The minimum absolute atomic E-state index is 0.00385. The summed E-state index contributed by atoms with van der Waals surface area (Å²) in [6, 6.07) is 15.7. The van der Waals surface area contributed by atoms with Crippen LogP contribution in [-0.2, 0) is 19.2 Å². The Bertz CT molecular complexity index is 1890. The molecule has 2 aliphatic heterocycles. The fourth-order valence-electron chi connectivity index (χ4n) is 8.42. The van der Waals surface area contributed by atoms with Gasteiger partial charge in [0.2, 0.25) is 11.4 Å². The van der Waals surface area contributed by atoms with Crippen molar-refractivity contribution in [3.05, 3.63) is 67.3 Å². The highest BCUT2D eigenvalue weighted by Crippen LogP contribution is 2.59. The molecule has 3 aromatic rings. The number of fused-ring (bicyclic) bond motifs is 1. The van der Waals surface area contributed by atoms with Crippen molar-refractivity contribution < 1.29 is 38.2 Å². The summed E-state index contributed by atoms with van der Waals surface area (Å²) in [5, 5.41) is 11.7. The normalized spacial score (nSPS) is 26.8. The molecule has 276 valence electrons. The van der Waals surface area contributed by atoms with Crippen molar-refractivity contribution in [2.45, 2.75) is 57.7 Å². The number of likely N-dealkylation sites (N-methyl/N-ethyl adjacent to an activating group) is 1. The molecule has 12 nitrogen and oxygen atoms in total. The van der Waals surface area contributed by atoms with Gasteiger partial charge in [0, 0.05) is 62.1 Å². The van der Waals surface area contributed by atoms with Crippen LogP contribution in [-0.4, -0.2) is 113 Å². The number of piperazine rings is 1. The quantitative estimate of drug-likeness (QED) is 0.221. The first-order valence-electron chi connectivity index (χ1n) is 17.9. The van der Waals surface area contributed by atoms with Crippen molar-refractivity contribution in [2.24, 2.45) is 23.0 Å². The maximum atomic E-state index is 15.5. The van der Waals surface area contributed by atoms with Gasteiger partial charge in [-0.3, -0.25) is 9.59 Å². The van der Waals surface area contributed by atoms with E-state index >= 15 is 4.79 Å². The fraction of sp³-hybridized carbons (Fsp3) is 0.475. The molecule has 12 heteroatoms. The van der Waals surface area contributed by atoms with Gasteiger partial charge in [-0.2, -0.15) is 0 Å². The summed E-state index contributed by atoms with van der Waals surface area (Å²) in [5.41, 5.74) is 5.82. The van der Waals surface area contributed by atoms with E-state index in [1.165, 1.54) is 0 Å². The van der Waals surface area contributed by atoms with Gasteiger partial charge in [0.25, 0.3) is 5.91 Å². The molecule has 1 aromatic heterocycles. The van der Waals surface area contributed by atoms with Crippen molar-refractivity contribution in [1.82, 2.24) is 14.8 Å². The van der Waals surface area contributed by atoms with Crippen molar-refractivity contribution in [2.75, 3.05) is 46.9 Å². The Balaban J connectivity index is 1.45. The summed E-state index contributed by atoms with van der Waals surface area (Å²) >= 11 is 0. The van der Waals surface area contributed by atoms with Crippen LogP contribution < -0.4 is 15.2 Å². The lowest BCUT2D eigenvalue weighted by molar-refractivity contribution is -0.889. The van der Waals surface area contributed by atoms with Crippen molar-refractivity contribution in [3.63, 3.8) is 0 Å². The van der Waals surface area contributed by atoms with Gasteiger partial charge in [0.1, 0.15) is 18.0 Å². The maximum Gasteiger partial charge on any atom is 0.366 e. The van der Waals surface area contributed by atoms with Gasteiger partial charge in [-0.05, 0) is 24.6 Å². The topological polar surface area (TPSA) is 152 Å². The molecule has 0 spiro atoms. The first-order valence-corrected chi connectivity index (χ1v) is 17.9. The number of nitrogens with two attached hydrogens (primary N) is 1. The van der Waals surface area contributed by atoms with Gasteiger partial charge in [0.05, 0.1) is 36.6 Å². The Hall–Kier alpha value is -4.81. The molecule has 2 aromatic carbocycles. The van der Waals surface area contributed by atoms with Gasteiger partial charge in [0.15, 0.2) is 12.1 Å². The van der Waals surface area contributed by atoms with E-state index in [1.54, 1.807) is 24.2 Å². The maximum absolute atomic E-state index is 15.5. The van der Waals surface area contributed by atoms with Gasteiger partial charge >= 0.3 is 11.9 Å². The molecule has 1 saturated carbocycles. The first-order chi connectivity index (χ1) is 24.7. The monoisotopic (exact) mass is 712 g/mol. The van der Waals surface area contributed by atoms with E-state index in [1.807, 2.05) is 76.3 Å². The van der Waals surface area contributed by atoms with Crippen LogP contribution in [0.15, 0.2) is 67.3 Å². The molecule has 0 radical (unpaired) electrons. The molecule has 6 atom stereocenters. The molecule has 3 unspecified atom stereocenters. The second-order valence-corrected chi connectivity index (χ2v) is 15.6. The number of carbonyl (C=O) groups is 4. The number of carboxylic acid groups (broad SMARTS) is 1. The first kappa shape index (κ1) is 37.0. The number of amides is 3. The van der Waals surface area contributed by atoms with Crippen LogP contribution in [0.4, 0.5) is 0 Å². The molecular formula is C40H50N5O7+. The number of rotatable bonds is 11. The summed E-state index contributed by atoms with van der Waals surface area (Å²) in [4.78, 5) is 65.2. The minimum atomic E-state index is -1.69. The third kappa shape index (κ3) is 6.43. The number of aliphatic carboxylic acids is 1. The van der Waals surface area contributed by atoms with E-state index < -0.39 is 57.2 Å². The van der Waals surface area contributed by atoms with E-state index in [2.05, 4.69) is 11.5 Å². The third-order valence-electron chi connectivity index (χ3n) is 11.5. The summed E-state index contributed by atoms with van der Waals surface area (Å²) in [6.45, 7) is 11.9. The Morgan fingerprint density at radius 3 is 2.37 bits per heavy atom. The second-order valence-electron chi connectivity index (χ2n) is 15.6. The Kier molecular flexibility index (Phi) is 9.93. The number of ether oxygens (including phenoxy) is 2. The lowest BCUT2D eigenvalue weighted by Gasteiger charge is -2.45. The Labute approximate surface area is 304 Å². The third-order valence-corrected chi connectivity index (χ3v) is 11.5. The number of hydrogen-bond acceptors (Lipinski definition) is 8. The molecule has 3 fully saturated rings. The van der Waals surface area contributed by atoms with E-state index in [0.717, 1.165) is 5.56 Å². The molecule has 0 bridgehead atoms. The average molecular weight is 713 g/mol. The molecule has 3 N–H and O–H groups in total. The van der Waals surface area contributed by atoms with Gasteiger partial charge in [-0.25, -0.2) is 19.1 Å². The zero-order valence-electron chi connectivity index (χ0n) is 30.7. The SMILES string of the molecule is C=CC1CC1(C(=O)O)[N+]1(C(=O)[C@@H](CC(=O)N2CCN(C)CC2)C(C)(C)C)C[C@H](Oc2cc(-c3ccccc3)nc3cc(OC)ccc23)C[C@H]1C(N)=O. The smallest absolute Gasteiger partial charge is 0.366 e. The van der Waals surface area contributed by atoms with Gasteiger partial charge in [-0.1, -0.05) is 57.2 Å². The van der Waals surface area contributed by atoms with Crippen LogP contribution in [0.5, 0.6) is 11.5 Å². The molecule has 3 heterocycles. The predicted molar refractivity (Wildman–Crippen MR) is 196 cm³/mol. The number of methoxy groups -OCH3 is 1. The average Bonchev–Trinajstić information content (AvgIpc) is 3.76. The van der Waals surface area contributed by atoms with Crippen LogP contribution in [0.1, 0.15) is 40.0 Å². The number of likely N-dealkylation sites (tertiary alicyclic amines) is 1. The predicted octanol–water partition coefficient (Wildman–Crippen LogP) is 4.11. The molecule has 1 aliphatic carbocycles. The lowest BCUT2D eigenvalue weighted by Crippen LogP contribution is -2.72. The number of quaternary nitrogens is 1. The Morgan fingerprint density at radius 1 is 1.10 bits per heavy atom. The molecule has 3 amide bonds. The number of primary amides is 1. The standard InChI is InChI=1S/C40H49N5O7/c1-7-26-23-40(26,38(49)50)45(37(48)30(39(2,3)4)21-35(46)44-17-15-43(5)16-18-44)24-28(20-33(45)36(41)47)52-34-22-31(25-11-9-8-10-12-25)42-32-19-27(51-6)13-14-29(32)34/h7-14,19,22,26,28,30,33H,1,15-18,20-21,23-24H2,2-6H3,(H2-,41,47,49,50)/p+1/t26?,28-,30-,33+,40?,45?/m1/s1. The number of benzene rings is 2. The number of carboxylic acids is 1. The van der Waals surface area contributed by atoms with Crippen molar-refractivity contribution in [3.8, 4) is 22.8 Å². The van der Waals surface area contributed by atoms with Crippen LogP contribution in [0.2, 0.25) is 0 Å². The highest BCUT2D eigenvalue weighted by Gasteiger charge is 2.81. The zero-order valence-corrected chi connectivity index (χ0v) is 30.7. The fourth-order valence-corrected chi connectivity index (χ4v) is 8.42. The lowest BCUT2D eigenvalue weighted by atomic mass is 9.76. The van der Waals surface area contributed by atoms with Gasteiger partial charge in [-0.15, -0.1) is 6.58 Å².